The van der Waals surface area contributed by atoms with Gasteiger partial charge in [-0.25, -0.2) is 15.0 Å². The molecule has 11 aromatic rings. The fourth-order valence-corrected chi connectivity index (χ4v) is 10.5. The number of fused-ring (bicyclic) bond motifs is 6. The van der Waals surface area contributed by atoms with Crippen LogP contribution in [-0.4, -0.2) is 15.0 Å². The smallest absolute Gasteiger partial charge is 0.165 e. The van der Waals surface area contributed by atoms with Crippen molar-refractivity contribution in [3.63, 3.8) is 0 Å². The Balaban J connectivity index is 1.28. The number of aromatic nitrogens is 3. The van der Waals surface area contributed by atoms with E-state index in [4.69, 9.17) is 15.0 Å². The van der Waals surface area contributed by atoms with Gasteiger partial charge in [-0.2, -0.15) is 0 Å². The number of hydrogen-bond donors (Lipinski definition) is 0. The Labute approximate surface area is 331 Å². The van der Waals surface area contributed by atoms with Gasteiger partial charge in [0.25, 0.3) is 0 Å². The van der Waals surface area contributed by atoms with Crippen molar-refractivity contribution in [1.82, 2.24) is 15.0 Å². The lowest BCUT2D eigenvalue weighted by Gasteiger charge is -2.20. The summed E-state index contributed by atoms with van der Waals surface area (Å²) in [5.41, 5.74) is 9.56. The lowest BCUT2D eigenvalue weighted by molar-refractivity contribution is 1.08. The van der Waals surface area contributed by atoms with E-state index in [0.29, 0.717) is 17.5 Å². The SMILES string of the molecule is c1ccc(-c2ccc(-c3ccccc3)c(-c3nc(-c4cccc5c4sc4ccccc45)nc(-c4cccc5c4sc4ccccc45)n3)c2-c2ccccc2)cc1. The van der Waals surface area contributed by atoms with Gasteiger partial charge >= 0.3 is 0 Å². The quantitative estimate of drug-likeness (QED) is 0.170. The molecule has 0 fully saturated rings. The van der Waals surface area contributed by atoms with Crippen LogP contribution < -0.4 is 0 Å². The van der Waals surface area contributed by atoms with Gasteiger partial charge in [0.15, 0.2) is 17.5 Å². The van der Waals surface area contributed by atoms with Crippen molar-refractivity contribution >= 4 is 63.0 Å². The Morgan fingerprint density at radius 2 is 0.661 bits per heavy atom. The molecule has 0 atom stereocenters. The van der Waals surface area contributed by atoms with Gasteiger partial charge in [-0.15, -0.1) is 22.7 Å². The predicted octanol–water partition coefficient (Wildman–Crippen LogP) is 14.6. The molecule has 5 heteroatoms. The molecule has 3 aromatic heterocycles. The molecule has 0 radical (unpaired) electrons. The maximum Gasteiger partial charge on any atom is 0.165 e. The molecule has 0 saturated heterocycles. The van der Waals surface area contributed by atoms with Crippen LogP contribution in [-0.2, 0) is 0 Å². The minimum Gasteiger partial charge on any atom is -0.208 e. The molecule has 8 aromatic carbocycles. The van der Waals surface area contributed by atoms with E-state index in [9.17, 15) is 0 Å². The van der Waals surface area contributed by atoms with Crippen molar-refractivity contribution in [3.8, 4) is 67.5 Å². The molecule has 0 unspecified atom stereocenters. The Kier molecular flexibility index (Phi) is 7.87. The van der Waals surface area contributed by atoms with Gasteiger partial charge < -0.3 is 0 Å². The number of thiophene rings is 2. The molecule has 56 heavy (non-hydrogen) atoms. The lowest BCUT2D eigenvalue weighted by atomic mass is 9.85. The van der Waals surface area contributed by atoms with E-state index in [1.165, 1.54) is 40.3 Å². The summed E-state index contributed by atoms with van der Waals surface area (Å²) < 4.78 is 4.82. The van der Waals surface area contributed by atoms with Gasteiger partial charge in [0.1, 0.15) is 0 Å². The summed E-state index contributed by atoms with van der Waals surface area (Å²) >= 11 is 3.59. The molecule has 0 N–H and O–H groups in total. The molecule has 0 aliphatic rings. The second-order valence-corrected chi connectivity index (χ2v) is 16.0. The molecule has 0 aliphatic carbocycles. The second kappa shape index (κ2) is 13.5. The van der Waals surface area contributed by atoms with E-state index < -0.39 is 0 Å². The Morgan fingerprint density at radius 3 is 1.16 bits per heavy atom. The van der Waals surface area contributed by atoms with Crippen molar-refractivity contribution in [2.45, 2.75) is 0 Å². The average Bonchev–Trinajstić information content (AvgIpc) is 3.85. The van der Waals surface area contributed by atoms with Crippen LogP contribution in [0, 0.1) is 0 Å². The van der Waals surface area contributed by atoms with Gasteiger partial charge in [0.05, 0.1) is 0 Å². The minimum absolute atomic E-state index is 0.636. The van der Waals surface area contributed by atoms with Gasteiger partial charge in [0.2, 0.25) is 0 Å². The van der Waals surface area contributed by atoms with Gasteiger partial charge in [0, 0.05) is 62.6 Å². The van der Waals surface area contributed by atoms with E-state index in [-0.39, 0.29) is 0 Å². The summed E-state index contributed by atoms with van der Waals surface area (Å²) in [6.07, 6.45) is 0. The molecule has 11 rings (SSSR count). The molecular weight excluding hydrogens is 719 g/mol. The second-order valence-electron chi connectivity index (χ2n) is 13.9. The summed E-state index contributed by atoms with van der Waals surface area (Å²) in [5.74, 6) is 1.95. The maximum absolute atomic E-state index is 5.54. The molecule has 0 amide bonds. The summed E-state index contributed by atoms with van der Waals surface area (Å²) in [4.78, 5) is 16.5. The van der Waals surface area contributed by atoms with Crippen molar-refractivity contribution in [2.75, 3.05) is 0 Å². The van der Waals surface area contributed by atoms with Crippen molar-refractivity contribution in [1.29, 1.82) is 0 Å². The van der Waals surface area contributed by atoms with Crippen molar-refractivity contribution in [2.24, 2.45) is 0 Å². The monoisotopic (exact) mass is 749 g/mol. The highest BCUT2D eigenvalue weighted by atomic mass is 32.1. The number of hydrogen-bond acceptors (Lipinski definition) is 5. The fourth-order valence-electron chi connectivity index (χ4n) is 8.03. The third-order valence-electron chi connectivity index (χ3n) is 10.6. The zero-order chi connectivity index (χ0) is 37.0. The van der Waals surface area contributed by atoms with E-state index in [1.807, 2.05) is 0 Å². The minimum atomic E-state index is 0.636. The van der Waals surface area contributed by atoms with E-state index in [0.717, 1.165) is 50.1 Å². The van der Waals surface area contributed by atoms with E-state index >= 15 is 0 Å². The molecule has 3 nitrogen and oxygen atoms in total. The van der Waals surface area contributed by atoms with Crippen LogP contribution in [0.5, 0.6) is 0 Å². The van der Waals surface area contributed by atoms with Crippen molar-refractivity contribution < 1.29 is 0 Å². The molecule has 0 aliphatic heterocycles. The van der Waals surface area contributed by atoms with E-state index in [2.05, 4.69) is 188 Å². The molecule has 3 heterocycles. The van der Waals surface area contributed by atoms with Crippen LogP contribution in [0.3, 0.4) is 0 Å². The van der Waals surface area contributed by atoms with Crippen LogP contribution >= 0.6 is 22.7 Å². The van der Waals surface area contributed by atoms with Crippen LogP contribution in [0.4, 0.5) is 0 Å². The van der Waals surface area contributed by atoms with Crippen LogP contribution in [0.25, 0.3) is 108 Å². The Bertz CT molecular complexity index is 3110. The maximum atomic E-state index is 5.54. The van der Waals surface area contributed by atoms with E-state index in [1.54, 1.807) is 22.7 Å². The third kappa shape index (κ3) is 5.43. The summed E-state index contributed by atoms with van der Waals surface area (Å²) in [5, 5.41) is 4.90. The number of rotatable bonds is 6. The molecule has 0 saturated carbocycles. The highest BCUT2D eigenvalue weighted by Gasteiger charge is 2.25. The van der Waals surface area contributed by atoms with Crippen LogP contribution in [0.15, 0.2) is 188 Å². The first-order valence-electron chi connectivity index (χ1n) is 18.7. The highest BCUT2D eigenvalue weighted by molar-refractivity contribution is 7.26. The fraction of sp³-hybridized carbons (Fsp3) is 0. The molecule has 262 valence electrons. The highest BCUT2D eigenvalue weighted by Crippen LogP contribution is 2.47. The normalized spacial score (nSPS) is 11.6. The Hall–Kier alpha value is -6.79. The number of benzene rings is 8. The molecular formula is C51H31N3S2. The molecule has 0 bridgehead atoms. The van der Waals surface area contributed by atoms with Crippen LogP contribution in [0.2, 0.25) is 0 Å². The largest absolute Gasteiger partial charge is 0.208 e. The third-order valence-corrected chi connectivity index (χ3v) is 13.0. The van der Waals surface area contributed by atoms with Gasteiger partial charge in [-0.1, -0.05) is 164 Å². The molecule has 0 spiro atoms. The zero-order valence-electron chi connectivity index (χ0n) is 30.1. The van der Waals surface area contributed by atoms with Gasteiger partial charge in [-0.05, 0) is 52.1 Å². The predicted molar refractivity (Wildman–Crippen MR) is 238 cm³/mol. The van der Waals surface area contributed by atoms with Crippen molar-refractivity contribution in [3.05, 3.63) is 188 Å². The topological polar surface area (TPSA) is 38.7 Å². The standard InChI is InChI=1S/C51H31N3S2/c1-4-16-32(17-5-1)35-30-31-36(33-18-6-2-7-19-33)46(45(35)34-20-8-3-9-21-34)51-53-49(41-26-14-24-39-37-22-10-12-28-43(37)55-47(39)41)52-50(54-51)42-27-15-25-40-38-23-11-13-29-44(38)56-48(40)42/h1-31H. The zero-order valence-corrected chi connectivity index (χ0v) is 31.7. The first-order valence-corrected chi connectivity index (χ1v) is 20.3. The first kappa shape index (κ1) is 32.6. The first-order chi connectivity index (χ1) is 27.8. The summed E-state index contributed by atoms with van der Waals surface area (Å²) in [7, 11) is 0. The summed E-state index contributed by atoms with van der Waals surface area (Å²) in [6.45, 7) is 0. The Morgan fingerprint density at radius 1 is 0.268 bits per heavy atom. The van der Waals surface area contributed by atoms with Gasteiger partial charge in [-0.3, -0.25) is 0 Å². The number of nitrogens with zero attached hydrogens (tertiary/aromatic N) is 3. The average molecular weight is 750 g/mol. The summed E-state index contributed by atoms with van der Waals surface area (Å²) in [6, 6.07) is 66.7. The lowest BCUT2D eigenvalue weighted by Crippen LogP contribution is -2.03. The van der Waals surface area contributed by atoms with Crippen LogP contribution in [0.1, 0.15) is 0 Å².